The van der Waals surface area contributed by atoms with Crippen LogP contribution in [-0.2, 0) is 16.6 Å². The Morgan fingerprint density at radius 3 is 2.44 bits per heavy atom. The van der Waals surface area contributed by atoms with Crippen molar-refractivity contribution in [2.24, 2.45) is 11.3 Å². The van der Waals surface area contributed by atoms with Crippen molar-refractivity contribution in [3.63, 3.8) is 0 Å². The van der Waals surface area contributed by atoms with Crippen LogP contribution >= 0.6 is 0 Å². The first-order valence-corrected chi connectivity index (χ1v) is 29.4. The second-order valence-electron chi connectivity index (χ2n) is 23.6. The Labute approximate surface area is 455 Å². The molecule has 5 fully saturated rings. The predicted molar refractivity (Wildman–Crippen MR) is 298 cm³/mol. The van der Waals surface area contributed by atoms with Gasteiger partial charge in [-0.1, -0.05) is 62.4 Å². The fourth-order valence-electron chi connectivity index (χ4n) is 13.0. The number of nitro benzene ring substituents is 1. The first-order chi connectivity index (χ1) is 37.6. The van der Waals surface area contributed by atoms with Crippen LogP contribution in [0.1, 0.15) is 135 Å². The summed E-state index contributed by atoms with van der Waals surface area (Å²) in [4.78, 5) is 41.0. The van der Waals surface area contributed by atoms with Gasteiger partial charge in [0.25, 0.3) is 21.6 Å². The highest BCUT2D eigenvalue weighted by Gasteiger charge is 2.50. The number of hydrogen-bond donors (Lipinski definition) is 4. The quantitative estimate of drug-likeness (QED) is 0.0526. The molecule has 1 amide bonds. The molecule has 410 valence electrons. The predicted octanol–water partition coefficient (Wildman–Crippen LogP) is 10.8. The average Bonchev–Trinajstić information content (AvgIpc) is 4.12. The number of amides is 1. The summed E-state index contributed by atoms with van der Waals surface area (Å²) in [6.45, 7) is 12.0. The van der Waals surface area contributed by atoms with E-state index in [0.717, 1.165) is 88.0 Å². The van der Waals surface area contributed by atoms with Crippen molar-refractivity contribution in [1.82, 2.24) is 24.5 Å². The number of carbonyl (C=O) groups excluding carboxylic acids is 1. The van der Waals surface area contributed by atoms with Gasteiger partial charge in [-0.05, 0) is 141 Å². The summed E-state index contributed by atoms with van der Waals surface area (Å²) in [7, 11) is -4.81. The van der Waals surface area contributed by atoms with Crippen LogP contribution in [0.25, 0.3) is 11.0 Å². The molecule has 3 aliphatic heterocycles. The third kappa shape index (κ3) is 10.6. The maximum atomic E-state index is 14.4. The molecule has 2 saturated heterocycles. The van der Waals surface area contributed by atoms with Crippen LogP contribution in [0, 0.1) is 21.4 Å². The second-order valence-corrected chi connectivity index (χ2v) is 25.2. The van der Waals surface area contributed by atoms with E-state index in [2.05, 4.69) is 97.1 Å². The van der Waals surface area contributed by atoms with Gasteiger partial charge in [0.15, 0.2) is 17.2 Å². The Bertz CT molecular complexity index is 3330. The monoisotopic (exact) mass is 1080 g/mol. The van der Waals surface area contributed by atoms with Crippen molar-refractivity contribution in [3.8, 4) is 23.0 Å². The number of nitrogens with zero attached hydrogens (tertiary/aromatic N) is 5. The fourth-order valence-corrected chi connectivity index (χ4v) is 14.2. The lowest BCUT2D eigenvalue weighted by Gasteiger charge is -2.58. The number of piperazine rings is 1. The van der Waals surface area contributed by atoms with E-state index in [9.17, 15) is 28.4 Å². The van der Waals surface area contributed by atoms with E-state index in [1.165, 1.54) is 41.3 Å². The first kappa shape index (κ1) is 52.0. The van der Waals surface area contributed by atoms with Crippen LogP contribution in [0.3, 0.4) is 0 Å². The van der Waals surface area contributed by atoms with Crippen LogP contribution in [0.5, 0.6) is 23.0 Å². The molecule has 5 heterocycles. The smallest absolute Gasteiger partial charge is 0.297 e. The number of H-pyrrole nitrogens is 1. The number of nitro groups is 1. The number of carbonyl (C=O) groups is 1. The summed E-state index contributed by atoms with van der Waals surface area (Å²) in [5, 5.41) is 26.9. The number of aliphatic hydroxyl groups is 1. The summed E-state index contributed by atoms with van der Waals surface area (Å²) in [5.74, 6) is 0.377. The molecule has 6 aromatic rings. The molecule has 78 heavy (non-hydrogen) atoms. The van der Waals surface area contributed by atoms with Crippen molar-refractivity contribution in [2.75, 3.05) is 56.3 Å². The minimum atomic E-state index is -4.81. The lowest BCUT2D eigenvalue weighted by atomic mass is 9.59. The number of benzene rings is 4. The van der Waals surface area contributed by atoms with E-state index < -0.39 is 37.0 Å². The average molecular weight is 1080 g/mol. The first-order valence-electron chi connectivity index (χ1n) is 27.9. The van der Waals surface area contributed by atoms with Gasteiger partial charge in [0, 0.05) is 87.3 Å². The van der Waals surface area contributed by atoms with Gasteiger partial charge in [-0.2, -0.15) is 0 Å². The number of piperidine rings is 1. The Morgan fingerprint density at radius 2 is 1.69 bits per heavy atom. The van der Waals surface area contributed by atoms with Crippen LogP contribution in [-0.4, -0.2) is 102 Å². The highest BCUT2D eigenvalue weighted by Crippen LogP contribution is 2.54. The molecule has 3 saturated carbocycles. The zero-order chi connectivity index (χ0) is 53.9. The summed E-state index contributed by atoms with van der Waals surface area (Å²) in [6.07, 6.45) is 12.9. The molecule has 3 aliphatic carbocycles. The maximum absolute atomic E-state index is 14.4. The zero-order valence-corrected chi connectivity index (χ0v) is 45.5. The Hall–Kier alpha value is -6.73. The number of pyridine rings is 1. The minimum absolute atomic E-state index is 0.0123. The van der Waals surface area contributed by atoms with Crippen molar-refractivity contribution < 1.29 is 37.5 Å². The topological polar surface area (TPSA) is 205 Å². The summed E-state index contributed by atoms with van der Waals surface area (Å²) < 4.78 is 48.5. The molecule has 2 aromatic heterocycles. The molecule has 1 atom stereocenters. The Morgan fingerprint density at radius 1 is 0.936 bits per heavy atom. The van der Waals surface area contributed by atoms with Gasteiger partial charge in [-0.3, -0.25) is 24.7 Å². The van der Waals surface area contributed by atoms with Crippen LogP contribution < -0.4 is 29.1 Å². The number of rotatable bonds is 16. The summed E-state index contributed by atoms with van der Waals surface area (Å²) in [5.41, 5.74) is 6.07. The number of aromatic amines is 1. The Balaban J connectivity index is 0.751. The van der Waals surface area contributed by atoms with E-state index in [4.69, 9.17) is 14.2 Å². The van der Waals surface area contributed by atoms with Gasteiger partial charge in [0.1, 0.15) is 22.0 Å². The van der Waals surface area contributed by atoms with Gasteiger partial charge in [-0.15, -0.1) is 0 Å². The van der Waals surface area contributed by atoms with Gasteiger partial charge >= 0.3 is 0 Å². The van der Waals surface area contributed by atoms with Gasteiger partial charge in [0.05, 0.1) is 22.3 Å². The number of nitrogens with one attached hydrogen (secondary N) is 3. The molecule has 17 nitrogen and oxygen atoms in total. The van der Waals surface area contributed by atoms with Crippen molar-refractivity contribution in [2.45, 2.75) is 126 Å². The molecule has 1 spiro atoms. The van der Waals surface area contributed by atoms with Gasteiger partial charge in [-0.25, -0.2) is 18.1 Å². The molecular formula is C60H70N8O9S. The van der Waals surface area contributed by atoms with Crippen molar-refractivity contribution >= 4 is 44.0 Å². The molecule has 0 unspecified atom stereocenters. The number of anilines is 2. The van der Waals surface area contributed by atoms with E-state index in [0.29, 0.717) is 61.6 Å². The molecule has 0 radical (unpaired) electrons. The molecule has 18 heteroatoms. The molecule has 4 N–H and O–H groups in total. The second kappa shape index (κ2) is 20.8. The van der Waals surface area contributed by atoms with E-state index in [-0.39, 0.29) is 46.6 Å². The van der Waals surface area contributed by atoms with Crippen LogP contribution in [0.4, 0.5) is 17.1 Å². The van der Waals surface area contributed by atoms with Crippen molar-refractivity contribution in [3.05, 3.63) is 135 Å². The third-order valence-corrected chi connectivity index (χ3v) is 19.1. The zero-order valence-electron chi connectivity index (χ0n) is 44.7. The van der Waals surface area contributed by atoms with Gasteiger partial charge in [0.2, 0.25) is 6.79 Å². The maximum Gasteiger partial charge on any atom is 0.297 e. The number of aromatic nitrogens is 2. The fraction of sp³-hybridized carbons (Fsp3) is 0.467. The number of ether oxygens (including phenoxy) is 3. The molecule has 4 aromatic carbocycles. The minimum Gasteiger partial charge on any atom is -0.455 e. The molecule has 6 aliphatic rings. The van der Waals surface area contributed by atoms with Crippen LogP contribution in [0.15, 0.2) is 102 Å². The lowest BCUT2D eigenvalue weighted by molar-refractivity contribution is -0.384. The molecular weight excluding hydrogens is 1010 g/mol. The molecule has 0 bridgehead atoms. The largest absolute Gasteiger partial charge is 0.455 e. The standard InChI is InChI=1S/C60H70N8O9S/c1-38(2)47-6-4-5-7-48(47)51-36-65(35-40-8-10-41(11-9-40)42-12-13-42)26-27-67(51)45-31-60(32-45)21-24-66(25-22-60)44-14-15-49(52(29-44)77-46-28-43-18-23-61-57(43)63-34-46)58(69)64-78(73,74)53-30-50(68(71)72)54(56-55(53)75-37-76-56)62-33-39-16-19-59(3,70)20-17-39/h4-11,14-15,18,23,28-30,34,38-39,42,45,51,62,70H,12-13,16-17,19-22,24-27,31-33,35-37H2,1-3H3,(H,61,63)(H,64,69)/t39-,51-,59-/m0/s1. The normalized spacial score (nSPS) is 22.7. The summed E-state index contributed by atoms with van der Waals surface area (Å²) in [6, 6.07) is 28.9. The van der Waals surface area contributed by atoms with Gasteiger partial charge < -0.3 is 34.5 Å². The highest BCUT2D eigenvalue weighted by atomic mass is 32.2. The number of sulfonamides is 1. The Kier molecular flexibility index (Phi) is 13.9. The van der Waals surface area contributed by atoms with Crippen molar-refractivity contribution in [1.29, 1.82) is 0 Å². The highest BCUT2D eigenvalue weighted by molar-refractivity contribution is 7.90. The third-order valence-electron chi connectivity index (χ3n) is 17.8. The molecule has 12 rings (SSSR count). The summed E-state index contributed by atoms with van der Waals surface area (Å²) >= 11 is 0. The van der Waals surface area contributed by atoms with E-state index in [1.54, 1.807) is 31.3 Å². The SMILES string of the molecule is CC(C)c1ccccc1[C@@H]1CN(Cc2ccc(C3CC3)cc2)CCN1C1CC2(CCN(c3ccc(C(=O)NS(=O)(=O)c4cc([N+](=O)[O-])c(NC[C@H]5CC[C@](C)(O)CC5)c5c4OCO5)c(Oc4cnc5[nH]ccc5c4)c3)CC2)C1. The number of fused-ring (bicyclic) bond motifs is 2. The lowest BCUT2D eigenvalue weighted by Crippen LogP contribution is -2.60. The number of hydrogen-bond acceptors (Lipinski definition) is 14. The van der Waals surface area contributed by atoms with E-state index in [1.807, 2.05) is 12.1 Å². The van der Waals surface area contributed by atoms with E-state index >= 15 is 0 Å². The van der Waals surface area contributed by atoms with Crippen LogP contribution in [0.2, 0.25) is 0 Å².